The van der Waals surface area contributed by atoms with E-state index in [1.54, 1.807) is 0 Å². The van der Waals surface area contributed by atoms with E-state index in [0.717, 1.165) is 0 Å². The van der Waals surface area contributed by atoms with E-state index in [9.17, 15) is 8.78 Å². The summed E-state index contributed by atoms with van der Waals surface area (Å²) in [4.78, 5) is 0. The van der Waals surface area contributed by atoms with Crippen molar-refractivity contribution < 1.29 is 38.8 Å². The first-order chi connectivity index (χ1) is 2.94. The van der Waals surface area contributed by atoms with E-state index >= 15 is 0 Å². The van der Waals surface area contributed by atoms with Crippen molar-refractivity contribution in [1.29, 1.82) is 0 Å². The van der Waals surface area contributed by atoms with E-state index < -0.39 is 15.9 Å². The number of halogens is 2. The fourth-order valence-electron chi connectivity index (χ4n) is 0. The van der Waals surface area contributed by atoms with Gasteiger partial charge in [0.2, 0.25) is 0 Å². The first kappa shape index (κ1) is 11.1. The van der Waals surface area contributed by atoms with Gasteiger partial charge in [-0.05, 0) is 0 Å². The number of alkyl halides is 2. The van der Waals surface area contributed by atoms with Crippen molar-refractivity contribution in [3.05, 3.63) is 0 Å². The van der Waals surface area contributed by atoms with E-state index in [0.29, 0.717) is 0 Å². The first-order valence-electron chi connectivity index (χ1n) is 1.17. The Morgan fingerprint density at radius 1 is 1.38 bits per heavy atom. The fraction of sp³-hybridized carbons (Fsp3) is 1.00. The zero-order valence-corrected chi connectivity index (χ0v) is 5.03. The maximum Gasteiger partial charge on any atom is 1.00 e. The van der Waals surface area contributed by atoms with Crippen LogP contribution in [0.5, 0.6) is 0 Å². The smallest absolute Gasteiger partial charge is 0.744 e. The van der Waals surface area contributed by atoms with Crippen molar-refractivity contribution in [2.75, 3.05) is 0 Å². The number of hydrogen-bond donors (Lipinski definition) is 0. The predicted molar refractivity (Wildman–Crippen MR) is 15.7 cm³/mol. The summed E-state index contributed by atoms with van der Waals surface area (Å²) in [6.07, 6.45) is 0. The molecule has 0 heterocycles. The Kier molecular flexibility index (Phi) is 4.65. The zero-order chi connectivity index (χ0) is 6.08. The molecule has 7 heteroatoms. The molecule has 0 fully saturated rings. The Labute approximate surface area is 55.3 Å². The van der Waals surface area contributed by atoms with E-state index in [1.807, 2.05) is 0 Å². The summed E-state index contributed by atoms with van der Waals surface area (Å²) in [5.74, 6) is -3.78. The van der Waals surface area contributed by atoms with Crippen molar-refractivity contribution in [2.24, 2.45) is 0 Å². The Bertz CT molecular complexity index is 139. The molecule has 0 bridgehead atoms. The fourth-order valence-corrected chi connectivity index (χ4v) is 0. The van der Waals surface area contributed by atoms with Gasteiger partial charge in [-0.3, -0.25) is 0 Å². The molecule has 0 saturated carbocycles. The van der Waals surface area contributed by atoms with Crippen molar-refractivity contribution in [3.8, 4) is 0 Å². The summed E-state index contributed by atoms with van der Waals surface area (Å²) in [6.45, 7) is 0. The summed E-state index contributed by atoms with van der Waals surface area (Å²) < 4.78 is 48.4. The van der Waals surface area contributed by atoms with E-state index in [2.05, 4.69) is 0 Å². The van der Waals surface area contributed by atoms with Gasteiger partial charge in [0.05, 0.1) is 0 Å². The standard InChI is InChI=1S/CH2F2O3S.Cu/c2-1(3)7(4,5)6;/h1H,(H,4,5,6);/q;+1/p-1. The van der Waals surface area contributed by atoms with E-state index in [-0.39, 0.29) is 17.1 Å². The van der Waals surface area contributed by atoms with Crippen molar-refractivity contribution >= 4 is 10.1 Å². The van der Waals surface area contributed by atoms with Crippen LogP contribution >= 0.6 is 0 Å². The molecule has 0 aromatic rings. The summed E-state index contributed by atoms with van der Waals surface area (Å²) in [7, 11) is -5.32. The van der Waals surface area contributed by atoms with Gasteiger partial charge < -0.3 is 4.55 Å². The molecule has 0 aromatic carbocycles. The van der Waals surface area contributed by atoms with Crippen LogP contribution in [-0.4, -0.2) is 18.7 Å². The maximum atomic E-state index is 10.6. The van der Waals surface area contributed by atoms with Gasteiger partial charge in [-0.1, -0.05) is 0 Å². The van der Waals surface area contributed by atoms with Crippen LogP contribution in [0.3, 0.4) is 0 Å². The van der Waals surface area contributed by atoms with Crippen LogP contribution < -0.4 is 0 Å². The third-order valence-electron chi connectivity index (χ3n) is 0.218. The maximum absolute atomic E-state index is 10.6. The van der Waals surface area contributed by atoms with Crippen LogP contribution in [-0.2, 0) is 27.2 Å². The molecule has 0 aliphatic heterocycles. The molecule has 0 radical (unpaired) electrons. The normalized spacial score (nSPS) is 11.0. The molecular formula is CHCuF2O3S. The molecule has 0 saturated heterocycles. The SMILES string of the molecule is O=S(=O)([O-])C(F)F.[Cu+]. The molecule has 0 spiro atoms. The van der Waals surface area contributed by atoms with Gasteiger partial charge in [0, 0.05) is 0 Å². The zero-order valence-electron chi connectivity index (χ0n) is 3.27. The van der Waals surface area contributed by atoms with Crippen molar-refractivity contribution in [2.45, 2.75) is 5.76 Å². The van der Waals surface area contributed by atoms with Gasteiger partial charge in [-0.25, -0.2) is 8.42 Å². The molecule has 8 heavy (non-hydrogen) atoms. The van der Waals surface area contributed by atoms with Gasteiger partial charge >= 0.3 is 22.8 Å². The van der Waals surface area contributed by atoms with Crippen LogP contribution in [0.25, 0.3) is 0 Å². The van der Waals surface area contributed by atoms with Crippen LogP contribution in [0.15, 0.2) is 0 Å². The van der Waals surface area contributed by atoms with Gasteiger partial charge in [0.15, 0.2) is 10.1 Å². The minimum Gasteiger partial charge on any atom is -0.744 e. The second kappa shape index (κ2) is 3.34. The molecule has 0 atom stereocenters. The molecule has 0 aliphatic carbocycles. The molecule has 0 N–H and O–H groups in total. The summed E-state index contributed by atoms with van der Waals surface area (Å²) in [5, 5.41) is 0. The Balaban J connectivity index is 0. The molecule has 0 aromatic heterocycles. The van der Waals surface area contributed by atoms with Gasteiger partial charge in [0.1, 0.15) is 0 Å². The Morgan fingerprint density at radius 2 is 1.50 bits per heavy atom. The molecule has 0 rings (SSSR count). The van der Waals surface area contributed by atoms with E-state index in [4.69, 9.17) is 13.0 Å². The summed E-state index contributed by atoms with van der Waals surface area (Å²) in [5.41, 5.74) is 0. The molecule has 0 aliphatic rings. The van der Waals surface area contributed by atoms with Gasteiger partial charge in [-0.2, -0.15) is 8.78 Å². The van der Waals surface area contributed by atoms with Crippen LogP contribution in [0.1, 0.15) is 0 Å². The molecular weight excluding hydrogens is 194 g/mol. The third kappa shape index (κ3) is 4.45. The average Bonchev–Trinajstić information content (AvgIpc) is 1.31. The molecule has 3 nitrogen and oxygen atoms in total. The number of rotatable bonds is 1. The van der Waals surface area contributed by atoms with Crippen LogP contribution in [0.2, 0.25) is 0 Å². The Hall–Kier alpha value is 0.289. The Morgan fingerprint density at radius 3 is 1.50 bits per heavy atom. The predicted octanol–water partition coefficient (Wildman–Crippen LogP) is -0.248. The second-order valence-corrected chi connectivity index (χ2v) is 2.10. The van der Waals surface area contributed by atoms with E-state index in [1.165, 1.54) is 0 Å². The summed E-state index contributed by atoms with van der Waals surface area (Å²) >= 11 is 0. The van der Waals surface area contributed by atoms with Crippen molar-refractivity contribution in [3.63, 3.8) is 0 Å². The second-order valence-electron chi connectivity index (χ2n) is 0.753. The first-order valence-corrected chi connectivity index (χ1v) is 2.64. The minimum absolute atomic E-state index is 0. The minimum atomic E-state index is -5.32. The van der Waals surface area contributed by atoms with Crippen molar-refractivity contribution in [1.82, 2.24) is 0 Å². The van der Waals surface area contributed by atoms with Crippen LogP contribution in [0.4, 0.5) is 8.78 Å². The monoisotopic (exact) mass is 194 g/mol. The number of hydrogen-bond acceptors (Lipinski definition) is 3. The van der Waals surface area contributed by atoms with Gasteiger partial charge in [-0.15, -0.1) is 0 Å². The largest absolute Gasteiger partial charge is 1.00 e. The third-order valence-corrected chi connectivity index (χ3v) is 0.655. The molecule has 54 valence electrons. The molecule has 0 unspecified atom stereocenters. The molecule has 0 amide bonds. The average molecular weight is 195 g/mol. The quantitative estimate of drug-likeness (QED) is 0.427. The summed E-state index contributed by atoms with van der Waals surface area (Å²) in [6, 6.07) is 0. The van der Waals surface area contributed by atoms with Crippen LogP contribution in [0, 0.1) is 0 Å². The topological polar surface area (TPSA) is 57.2 Å². The van der Waals surface area contributed by atoms with Gasteiger partial charge in [0.25, 0.3) is 0 Å².